The molecule has 0 saturated carbocycles. The van der Waals surface area contributed by atoms with Crippen LogP contribution in [0.1, 0.15) is 18.1 Å². The number of aromatic nitrogens is 1. The summed E-state index contributed by atoms with van der Waals surface area (Å²) in [5.41, 5.74) is 5.27. The van der Waals surface area contributed by atoms with E-state index in [2.05, 4.69) is 41.3 Å². The van der Waals surface area contributed by atoms with Gasteiger partial charge in [-0.1, -0.05) is 18.7 Å². The van der Waals surface area contributed by atoms with Gasteiger partial charge in [0.15, 0.2) is 0 Å². The highest BCUT2D eigenvalue weighted by atomic mass is 15.0. The molecule has 3 nitrogen and oxygen atoms in total. The second kappa shape index (κ2) is 5.57. The van der Waals surface area contributed by atoms with Crippen LogP contribution in [-0.2, 0) is 0 Å². The summed E-state index contributed by atoms with van der Waals surface area (Å²) in [6.07, 6.45) is 1.79. The maximum atomic E-state index is 4.42. The van der Waals surface area contributed by atoms with E-state index in [1.165, 1.54) is 5.56 Å². The molecule has 19 heavy (non-hydrogen) atoms. The zero-order valence-corrected chi connectivity index (χ0v) is 11.6. The lowest BCUT2D eigenvalue weighted by Crippen LogP contribution is -2.02. The SMILES string of the molecule is C=C(C)c1c(NC)ccnc1Nc1cccc(C)c1. The molecule has 3 heteroatoms. The van der Waals surface area contributed by atoms with Crippen LogP contribution in [0.15, 0.2) is 43.1 Å². The van der Waals surface area contributed by atoms with E-state index in [1.54, 1.807) is 6.20 Å². The Morgan fingerprint density at radius 2 is 2.05 bits per heavy atom. The minimum atomic E-state index is 0.824. The molecule has 0 bridgehead atoms. The maximum Gasteiger partial charge on any atom is 0.139 e. The van der Waals surface area contributed by atoms with Crippen LogP contribution in [0.25, 0.3) is 5.57 Å². The Hall–Kier alpha value is -2.29. The third kappa shape index (κ3) is 2.94. The highest BCUT2D eigenvalue weighted by molar-refractivity contribution is 5.83. The maximum absolute atomic E-state index is 4.42. The van der Waals surface area contributed by atoms with E-state index >= 15 is 0 Å². The van der Waals surface area contributed by atoms with Gasteiger partial charge in [0, 0.05) is 30.2 Å². The zero-order valence-electron chi connectivity index (χ0n) is 11.6. The fourth-order valence-electron chi connectivity index (χ4n) is 2.06. The van der Waals surface area contributed by atoms with E-state index in [9.17, 15) is 0 Å². The lowest BCUT2D eigenvalue weighted by molar-refractivity contribution is 1.27. The molecule has 0 aliphatic carbocycles. The molecule has 0 spiro atoms. The van der Waals surface area contributed by atoms with Gasteiger partial charge in [0.25, 0.3) is 0 Å². The number of hydrogen-bond donors (Lipinski definition) is 2. The molecule has 0 amide bonds. The van der Waals surface area contributed by atoms with Crippen LogP contribution in [0.3, 0.4) is 0 Å². The molecule has 2 aromatic rings. The first-order valence-electron chi connectivity index (χ1n) is 6.28. The second-order valence-electron chi connectivity index (χ2n) is 4.61. The van der Waals surface area contributed by atoms with Crippen molar-refractivity contribution in [3.8, 4) is 0 Å². The van der Waals surface area contributed by atoms with Gasteiger partial charge in [-0.2, -0.15) is 0 Å². The van der Waals surface area contributed by atoms with E-state index in [-0.39, 0.29) is 0 Å². The van der Waals surface area contributed by atoms with Crippen LogP contribution < -0.4 is 10.6 Å². The Labute approximate surface area is 114 Å². The fourth-order valence-corrected chi connectivity index (χ4v) is 2.06. The molecule has 2 rings (SSSR count). The molecule has 0 saturated heterocycles. The summed E-state index contributed by atoms with van der Waals surface area (Å²) >= 11 is 0. The molecule has 98 valence electrons. The van der Waals surface area contributed by atoms with Crippen molar-refractivity contribution in [1.29, 1.82) is 0 Å². The van der Waals surface area contributed by atoms with Crippen molar-refractivity contribution in [2.75, 3.05) is 17.7 Å². The van der Waals surface area contributed by atoms with Crippen LogP contribution in [0.2, 0.25) is 0 Å². The highest BCUT2D eigenvalue weighted by Gasteiger charge is 2.10. The van der Waals surface area contributed by atoms with Crippen molar-refractivity contribution >= 4 is 22.8 Å². The Balaban J connectivity index is 2.42. The molecule has 0 radical (unpaired) electrons. The van der Waals surface area contributed by atoms with Crippen molar-refractivity contribution in [2.45, 2.75) is 13.8 Å². The van der Waals surface area contributed by atoms with E-state index in [1.807, 2.05) is 32.2 Å². The first kappa shape index (κ1) is 13.1. The minimum Gasteiger partial charge on any atom is -0.387 e. The summed E-state index contributed by atoms with van der Waals surface area (Å²) in [6.45, 7) is 8.09. The van der Waals surface area contributed by atoms with Crippen LogP contribution >= 0.6 is 0 Å². The Morgan fingerprint density at radius 1 is 1.26 bits per heavy atom. The van der Waals surface area contributed by atoms with Crippen LogP contribution in [0.5, 0.6) is 0 Å². The van der Waals surface area contributed by atoms with Crippen molar-refractivity contribution in [3.63, 3.8) is 0 Å². The van der Waals surface area contributed by atoms with E-state index in [4.69, 9.17) is 0 Å². The predicted octanol–water partition coefficient (Wildman–Crippen LogP) is 4.21. The molecule has 2 N–H and O–H groups in total. The number of nitrogens with zero attached hydrogens (tertiary/aromatic N) is 1. The van der Waals surface area contributed by atoms with Gasteiger partial charge in [0.2, 0.25) is 0 Å². The lowest BCUT2D eigenvalue weighted by Gasteiger charge is -2.15. The first-order valence-corrected chi connectivity index (χ1v) is 6.28. The third-order valence-corrected chi connectivity index (χ3v) is 2.93. The summed E-state index contributed by atoms with van der Waals surface area (Å²) in [4.78, 5) is 4.42. The second-order valence-corrected chi connectivity index (χ2v) is 4.61. The molecule has 1 heterocycles. The monoisotopic (exact) mass is 253 g/mol. The predicted molar refractivity (Wildman–Crippen MR) is 83.0 cm³/mol. The molecule has 0 fully saturated rings. The standard InChI is InChI=1S/C16H19N3/c1-11(2)15-14(17-4)8-9-18-16(15)19-13-7-5-6-12(3)10-13/h5-10H,1H2,2-4H3,(H2,17,18,19). The van der Waals surface area contributed by atoms with Gasteiger partial charge >= 0.3 is 0 Å². The third-order valence-electron chi connectivity index (χ3n) is 2.93. The quantitative estimate of drug-likeness (QED) is 0.857. The zero-order chi connectivity index (χ0) is 13.8. The number of anilines is 3. The van der Waals surface area contributed by atoms with Gasteiger partial charge in [-0.05, 0) is 43.2 Å². The Morgan fingerprint density at radius 3 is 2.68 bits per heavy atom. The average molecular weight is 253 g/mol. The van der Waals surface area contributed by atoms with Crippen molar-refractivity contribution in [2.24, 2.45) is 0 Å². The van der Waals surface area contributed by atoms with Gasteiger partial charge < -0.3 is 10.6 Å². The summed E-state index contributed by atoms with van der Waals surface area (Å²) in [5, 5.41) is 6.53. The number of aryl methyl sites for hydroxylation is 1. The summed E-state index contributed by atoms with van der Waals surface area (Å²) < 4.78 is 0. The van der Waals surface area contributed by atoms with Crippen molar-refractivity contribution < 1.29 is 0 Å². The van der Waals surface area contributed by atoms with Crippen molar-refractivity contribution in [1.82, 2.24) is 4.98 Å². The number of allylic oxidation sites excluding steroid dienone is 1. The fraction of sp³-hybridized carbons (Fsp3) is 0.188. The van der Waals surface area contributed by atoms with Gasteiger partial charge in [-0.25, -0.2) is 4.98 Å². The molecule has 0 unspecified atom stereocenters. The van der Waals surface area contributed by atoms with E-state index in [0.29, 0.717) is 0 Å². The van der Waals surface area contributed by atoms with Crippen LogP contribution in [0.4, 0.5) is 17.2 Å². The molecular formula is C16H19N3. The van der Waals surface area contributed by atoms with Gasteiger partial charge in [0.1, 0.15) is 5.82 Å². The normalized spacial score (nSPS) is 10.1. The topological polar surface area (TPSA) is 37.0 Å². The van der Waals surface area contributed by atoms with Gasteiger partial charge in [-0.15, -0.1) is 0 Å². The lowest BCUT2D eigenvalue weighted by atomic mass is 10.1. The minimum absolute atomic E-state index is 0.824. The van der Waals surface area contributed by atoms with Crippen molar-refractivity contribution in [3.05, 3.63) is 54.2 Å². The summed E-state index contributed by atoms with van der Waals surface area (Å²) in [6, 6.07) is 10.2. The molecule has 0 aliphatic heterocycles. The molecule has 1 aromatic carbocycles. The number of nitrogens with one attached hydrogen (secondary N) is 2. The summed E-state index contributed by atoms with van der Waals surface area (Å²) in [7, 11) is 1.90. The van der Waals surface area contributed by atoms with Crippen LogP contribution in [0, 0.1) is 6.92 Å². The molecule has 0 atom stereocenters. The van der Waals surface area contributed by atoms with Crippen LogP contribution in [-0.4, -0.2) is 12.0 Å². The van der Waals surface area contributed by atoms with Gasteiger partial charge in [-0.3, -0.25) is 0 Å². The number of hydrogen-bond acceptors (Lipinski definition) is 3. The molecular weight excluding hydrogens is 234 g/mol. The molecule has 0 aliphatic rings. The van der Waals surface area contributed by atoms with Gasteiger partial charge in [0.05, 0.1) is 0 Å². The number of rotatable bonds is 4. The molecule has 1 aromatic heterocycles. The smallest absolute Gasteiger partial charge is 0.139 e. The number of pyridine rings is 1. The Bertz CT molecular complexity index is 603. The summed E-state index contributed by atoms with van der Waals surface area (Å²) in [5.74, 6) is 0.824. The largest absolute Gasteiger partial charge is 0.387 e. The first-order chi connectivity index (χ1) is 9.11. The number of benzene rings is 1. The van der Waals surface area contributed by atoms with E-state index < -0.39 is 0 Å². The highest BCUT2D eigenvalue weighted by Crippen LogP contribution is 2.30. The Kier molecular flexibility index (Phi) is 3.85. The van der Waals surface area contributed by atoms with E-state index in [0.717, 1.165) is 28.3 Å². The average Bonchev–Trinajstić information content (AvgIpc) is 2.38.